The normalized spacial score (nSPS) is 22.6. The lowest BCUT2D eigenvalue weighted by Crippen LogP contribution is -2.56. The zero-order valence-corrected chi connectivity index (χ0v) is 32.9. The van der Waals surface area contributed by atoms with Crippen molar-refractivity contribution in [3.63, 3.8) is 0 Å². The van der Waals surface area contributed by atoms with Gasteiger partial charge in [0.05, 0.1) is 0 Å². The summed E-state index contributed by atoms with van der Waals surface area (Å²) < 4.78 is 12.9. The number of benzene rings is 6. The summed E-state index contributed by atoms with van der Waals surface area (Å²) in [6.45, 7) is 3.70. The third kappa shape index (κ3) is 6.25. The first-order valence-corrected chi connectivity index (χ1v) is 22.8. The Morgan fingerprint density at radius 2 is 0.804 bits per heavy atom. The maximum Gasteiger partial charge on any atom is 0.164 e. The van der Waals surface area contributed by atoms with Crippen LogP contribution in [0.1, 0.15) is 43.2 Å². The van der Waals surface area contributed by atoms with Gasteiger partial charge in [-0.05, 0) is 109 Å². The molecule has 1 aromatic heterocycles. The average Bonchev–Trinajstić information content (AvgIpc) is 3.24. The van der Waals surface area contributed by atoms with E-state index < -0.39 is 7.14 Å². The second-order valence-electron chi connectivity index (χ2n) is 16.8. The Labute approximate surface area is 330 Å². The van der Waals surface area contributed by atoms with Gasteiger partial charge in [0, 0.05) is 27.4 Å². The monoisotopic (exact) mass is 747 g/mol. The lowest BCUT2D eigenvalue weighted by molar-refractivity contribution is -0.0418. The number of aromatic nitrogens is 3. The topological polar surface area (TPSA) is 55.7 Å². The zero-order valence-electron chi connectivity index (χ0n) is 32.1. The molecule has 4 saturated carbocycles. The predicted octanol–water partition coefficient (Wildman–Crippen LogP) is 12.2. The van der Waals surface area contributed by atoms with Crippen molar-refractivity contribution in [1.82, 2.24) is 15.0 Å². The van der Waals surface area contributed by atoms with Crippen LogP contribution < -0.4 is 5.30 Å². The molecule has 6 aromatic carbocycles. The molecular formula is C51H46N3OP. The van der Waals surface area contributed by atoms with Gasteiger partial charge in [0.1, 0.15) is 7.14 Å². The largest absolute Gasteiger partial charge is 0.319 e. The van der Waals surface area contributed by atoms with E-state index in [-0.39, 0.29) is 5.41 Å². The molecule has 0 spiro atoms. The van der Waals surface area contributed by atoms with Crippen LogP contribution in [-0.2, 0) is 9.98 Å². The van der Waals surface area contributed by atoms with E-state index in [1.165, 1.54) is 54.4 Å². The molecule has 0 aliphatic heterocycles. The fourth-order valence-corrected chi connectivity index (χ4v) is 11.6. The van der Waals surface area contributed by atoms with Crippen molar-refractivity contribution < 1.29 is 4.57 Å². The maximum atomic E-state index is 12.9. The summed E-state index contributed by atoms with van der Waals surface area (Å²) in [5.74, 6) is 4.98. The minimum Gasteiger partial charge on any atom is -0.319 e. The quantitative estimate of drug-likeness (QED) is 0.145. The van der Waals surface area contributed by atoms with E-state index in [2.05, 4.69) is 121 Å². The lowest BCUT2D eigenvalue weighted by Gasteiger charge is -2.62. The summed E-state index contributed by atoms with van der Waals surface area (Å²) in [5.41, 5.74) is 10.4. The Hall–Kier alpha value is -5.44. The van der Waals surface area contributed by atoms with Gasteiger partial charge in [0.25, 0.3) is 0 Å². The molecule has 11 rings (SSSR count). The number of rotatable bonds is 8. The molecule has 1 heterocycles. The van der Waals surface area contributed by atoms with Gasteiger partial charge in [0.15, 0.2) is 17.5 Å². The maximum absolute atomic E-state index is 12.9. The summed E-state index contributed by atoms with van der Waals surface area (Å²) in [4.78, 5) is 15.2. The van der Waals surface area contributed by atoms with Gasteiger partial charge in [0.2, 0.25) is 0 Å². The number of nitrogens with zero attached hydrogens (tertiary/aromatic N) is 3. The van der Waals surface area contributed by atoms with Crippen LogP contribution in [0.15, 0.2) is 158 Å². The molecule has 4 fully saturated rings. The molecule has 4 aliphatic carbocycles. The van der Waals surface area contributed by atoms with Crippen LogP contribution in [0, 0.1) is 23.7 Å². The first-order chi connectivity index (χ1) is 27.3. The van der Waals surface area contributed by atoms with Gasteiger partial charge in [-0.15, -0.1) is 0 Å². The first kappa shape index (κ1) is 35.0. The highest BCUT2D eigenvalue weighted by Gasteiger charge is 2.58. The molecule has 4 aliphatic rings. The Morgan fingerprint density at radius 1 is 0.429 bits per heavy atom. The van der Waals surface area contributed by atoms with Gasteiger partial charge in [-0.25, -0.2) is 15.0 Å². The Bertz CT molecular complexity index is 2530. The highest BCUT2D eigenvalue weighted by molar-refractivity contribution is 7.70. The number of hydrogen-bond acceptors (Lipinski definition) is 4. The molecule has 0 radical (unpaired) electrons. The third-order valence-corrected chi connectivity index (χ3v) is 14.7. The van der Waals surface area contributed by atoms with E-state index in [1.54, 1.807) is 0 Å². The molecule has 5 heteroatoms. The van der Waals surface area contributed by atoms with Gasteiger partial charge in [-0.3, -0.25) is 0 Å². The predicted molar refractivity (Wildman–Crippen MR) is 230 cm³/mol. The molecule has 276 valence electrons. The summed E-state index contributed by atoms with van der Waals surface area (Å²) in [5, 5.41) is 0.929. The molecule has 0 N–H and O–H groups in total. The third-order valence-electron chi connectivity index (χ3n) is 13.1. The highest BCUT2D eigenvalue weighted by atomic mass is 31.2. The second kappa shape index (κ2) is 13.9. The van der Waals surface area contributed by atoms with Crippen molar-refractivity contribution in [3.05, 3.63) is 169 Å². The second-order valence-corrected chi connectivity index (χ2v) is 20.1. The zero-order chi connectivity index (χ0) is 37.9. The van der Waals surface area contributed by atoms with Crippen LogP contribution in [0.3, 0.4) is 0 Å². The smallest absolute Gasteiger partial charge is 0.164 e. The molecule has 0 amide bonds. The fourth-order valence-electron chi connectivity index (χ4n) is 10.7. The Balaban J connectivity index is 1.04. The van der Waals surface area contributed by atoms with Crippen molar-refractivity contribution in [2.45, 2.75) is 37.5 Å². The van der Waals surface area contributed by atoms with Crippen molar-refractivity contribution in [1.29, 1.82) is 0 Å². The van der Waals surface area contributed by atoms with E-state index in [0.717, 1.165) is 45.0 Å². The van der Waals surface area contributed by atoms with E-state index in [0.29, 0.717) is 29.3 Å². The lowest BCUT2D eigenvalue weighted by atomic mass is 9.42. The molecule has 56 heavy (non-hydrogen) atoms. The van der Waals surface area contributed by atoms with Crippen LogP contribution in [0.2, 0.25) is 0 Å². The van der Waals surface area contributed by atoms with Crippen LogP contribution in [0.25, 0.3) is 56.4 Å². The molecule has 0 unspecified atom stereocenters. The van der Waals surface area contributed by atoms with Crippen LogP contribution in [-0.4, -0.2) is 28.3 Å². The van der Waals surface area contributed by atoms with E-state index >= 15 is 0 Å². The average molecular weight is 748 g/mol. The number of hydrogen-bond donors (Lipinski definition) is 0. The summed E-state index contributed by atoms with van der Waals surface area (Å²) in [6.07, 6.45) is 6.64. The van der Waals surface area contributed by atoms with Gasteiger partial charge >= 0.3 is 0 Å². The van der Waals surface area contributed by atoms with E-state index in [4.69, 9.17) is 15.0 Å². The van der Waals surface area contributed by atoms with Crippen LogP contribution >= 0.6 is 7.14 Å². The Morgan fingerprint density at radius 3 is 1.30 bits per heavy atom. The standard InChI is InChI=1S/C51H46N3OP/c1-56(2,55)47-15-9-14-42(33-47)38-20-24-43(25-21-38)51(45-29-34-28-35(31-45)32-46(51)30-34)44-26-22-41(23-27-44)50-53-48(39-12-7-4-8-13-39)52-49(54-50)40-18-16-37(17-19-40)36-10-5-3-6-11-36/h3-27,33-35,45-46H,28-32H2,1-2H3. The van der Waals surface area contributed by atoms with E-state index in [1.807, 2.05) is 49.7 Å². The van der Waals surface area contributed by atoms with E-state index in [9.17, 15) is 4.57 Å². The first-order valence-electron chi connectivity index (χ1n) is 20.2. The fraction of sp³-hybridized carbons (Fsp3) is 0.235. The molecule has 4 nitrogen and oxygen atoms in total. The minimum absolute atomic E-state index is 0.0329. The minimum atomic E-state index is -2.35. The Kier molecular flexibility index (Phi) is 8.71. The summed E-state index contributed by atoms with van der Waals surface area (Å²) in [7, 11) is -2.35. The molecule has 0 saturated heterocycles. The van der Waals surface area contributed by atoms with Crippen molar-refractivity contribution in [2.24, 2.45) is 23.7 Å². The highest BCUT2D eigenvalue weighted by Crippen LogP contribution is 2.65. The van der Waals surface area contributed by atoms with Gasteiger partial charge < -0.3 is 4.57 Å². The van der Waals surface area contributed by atoms with Crippen molar-refractivity contribution >= 4 is 12.4 Å². The molecule has 7 aromatic rings. The van der Waals surface area contributed by atoms with Crippen LogP contribution in [0.5, 0.6) is 0 Å². The SMILES string of the molecule is CP(C)(=O)c1cccc(-c2ccc(C3(c4ccc(-c5nc(-c6ccccc6)nc(-c6ccc(-c7ccccc7)cc6)n5)cc4)C4CC5CC(C4)CC3C5)cc2)c1. The van der Waals surface area contributed by atoms with Gasteiger partial charge in [-0.1, -0.05) is 152 Å². The van der Waals surface area contributed by atoms with Crippen molar-refractivity contribution in [2.75, 3.05) is 13.3 Å². The summed E-state index contributed by atoms with van der Waals surface area (Å²) >= 11 is 0. The van der Waals surface area contributed by atoms with Crippen molar-refractivity contribution in [3.8, 4) is 56.4 Å². The van der Waals surface area contributed by atoms with Crippen LogP contribution in [0.4, 0.5) is 0 Å². The molecule has 0 atom stereocenters. The molecular weight excluding hydrogens is 702 g/mol. The van der Waals surface area contributed by atoms with Gasteiger partial charge in [-0.2, -0.15) is 0 Å². The summed E-state index contributed by atoms with van der Waals surface area (Å²) in [6, 6.07) is 56.2. The molecule has 4 bridgehead atoms.